The number of hydrogen-bond acceptors (Lipinski definition) is 1. The zero-order chi connectivity index (χ0) is 15.0. The molecule has 0 N–H and O–H groups in total. The van der Waals surface area contributed by atoms with E-state index in [4.69, 9.17) is 0 Å². The third kappa shape index (κ3) is 3.38. The molecule has 0 unspecified atom stereocenters. The maximum absolute atomic E-state index is 12.2. The van der Waals surface area contributed by atoms with Crippen molar-refractivity contribution in [2.45, 2.75) is 24.4 Å². The summed E-state index contributed by atoms with van der Waals surface area (Å²) >= 11 is 0. The van der Waals surface area contributed by atoms with Crippen molar-refractivity contribution in [1.82, 2.24) is 0 Å². The van der Waals surface area contributed by atoms with Crippen LogP contribution in [0.15, 0.2) is 12.1 Å². The molecule has 0 aliphatic heterocycles. The lowest BCUT2D eigenvalue weighted by Gasteiger charge is -2.26. The third-order valence-corrected chi connectivity index (χ3v) is 1.30. The fraction of sp³-hybridized carbons (Fsp3) is 0.667. The van der Waals surface area contributed by atoms with Crippen LogP contribution in [-0.4, -0.2) is 24.4 Å². The number of allylic oxidation sites excluding steroid dienone is 1. The Hall–Kier alpha value is -1.23. The van der Waals surface area contributed by atoms with Crippen LogP contribution in [0.25, 0.3) is 0 Å². The summed E-state index contributed by atoms with van der Waals surface area (Å²) in [5, 5.41) is 0. The first-order chi connectivity index (χ1) is 7.63. The van der Waals surface area contributed by atoms with E-state index in [0.717, 1.165) is 0 Å². The van der Waals surface area contributed by atoms with Crippen molar-refractivity contribution in [1.29, 1.82) is 0 Å². The lowest BCUT2D eigenvalue weighted by Crippen LogP contribution is -2.52. The average molecular weight is 298 g/mol. The Morgan fingerprint density at radius 2 is 1.17 bits per heavy atom. The van der Waals surface area contributed by atoms with Crippen molar-refractivity contribution in [3.63, 3.8) is 0 Å². The second-order valence-corrected chi connectivity index (χ2v) is 2.67. The second kappa shape index (κ2) is 4.46. The molecule has 1 nitrogen and oxygen atoms in total. The zero-order valence-electron chi connectivity index (χ0n) is 7.64. The van der Waals surface area contributed by atoms with Crippen molar-refractivity contribution in [2.75, 3.05) is 0 Å². The molecule has 0 aromatic heterocycles. The van der Waals surface area contributed by atoms with Crippen molar-refractivity contribution in [3.05, 3.63) is 12.1 Å². The molecule has 12 heteroatoms. The van der Waals surface area contributed by atoms with Crippen molar-refractivity contribution in [3.8, 4) is 0 Å². The summed E-state index contributed by atoms with van der Waals surface area (Å²) in [4.78, 5) is 0. The van der Waals surface area contributed by atoms with Gasteiger partial charge in [0.1, 0.15) is 6.26 Å². The highest BCUT2D eigenvalue weighted by Gasteiger charge is 2.75. The van der Waals surface area contributed by atoms with Crippen LogP contribution in [0.3, 0.4) is 0 Å². The van der Waals surface area contributed by atoms with Crippen molar-refractivity contribution < 1.29 is 53.0 Å². The Labute approximate surface area is 90.8 Å². The van der Waals surface area contributed by atoms with Crippen molar-refractivity contribution in [2.24, 2.45) is 0 Å². The Balaban J connectivity index is 5.11. The fourth-order valence-corrected chi connectivity index (χ4v) is 0.432. The SMILES string of the molecule is FC(=COC(F)(F)C(F)(F)C(F)(F)F)C(F)(F)F. The lowest BCUT2D eigenvalue weighted by molar-refractivity contribution is -0.413. The first-order valence-corrected chi connectivity index (χ1v) is 3.56. The Morgan fingerprint density at radius 1 is 0.778 bits per heavy atom. The van der Waals surface area contributed by atoms with Crippen LogP contribution in [0, 0.1) is 0 Å². The molecule has 0 heterocycles. The molecular weight excluding hydrogens is 297 g/mol. The van der Waals surface area contributed by atoms with Gasteiger partial charge in [0, 0.05) is 0 Å². The predicted octanol–water partition coefficient (Wildman–Crippen LogP) is 4.17. The number of alkyl halides is 10. The van der Waals surface area contributed by atoms with Crippen LogP contribution in [0.1, 0.15) is 0 Å². The standard InChI is InChI=1S/C6HF11O/c7-2(3(8,9)10)1-18-6(16,17)4(11,12)5(13,14)15/h1H. The Morgan fingerprint density at radius 3 is 1.44 bits per heavy atom. The molecule has 0 fully saturated rings. The van der Waals surface area contributed by atoms with E-state index >= 15 is 0 Å². The van der Waals surface area contributed by atoms with Gasteiger partial charge in [-0.05, 0) is 0 Å². The number of rotatable bonds is 3. The average Bonchev–Trinajstić information content (AvgIpc) is 2.10. The molecular formula is C6HF11O. The van der Waals surface area contributed by atoms with Gasteiger partial charge in [-0.2, -0.15) is 48.3 Å². The minimum absolute atomic E-state index is 1.57. The van der Waals surface area contributed by atoms with Gasteiger partial charge in [0.15, 0.2) is 0 Å². The molecule has 0 radical (unpaired) electrons. The minimum Gasteiger partial charge on any atom is -0.433 e. The van der Waals surface area contributed by atoms with Crippen molar-refractivity contribution >= 4 is 0 Å². The van der Waals surface area contributed by atoms with Gasteiger partial charge in [0.25, 0.3) is 0 Å². The summed E-state index contributed by atoms with van der Waals surface area (Å²) < 4.78 is 131. The number of ether oxygens (including phenoxy) is 1. The highest BCUT2D eigenvalue weighted by Crippen LogP contribution is 2.47. The van der Waals surface area contributed by atoms with Crippen LogP contribution in [-0.2, 0) is 4.74 Å². The highest BCUT2D eigenvalue weighted by molar-refractivity contribution is 4.96. The van der Waals surface area contributed by atoms with Gasteiger partial charge in [-0.1, -0.05) is 0 Å². The molecule has 0 saturated carbocycles. The maximum atomic E-state index is 12.2. The van der Waals surface area contributed by atoms with E-state index < -0.39 is 36.5 Å². The third-order valence-electron chi connectivity index (χ3n) is 1.30. The largest absolute Gasteiger partial charge is 0.473 e. The first kappa shape index (κ1) is 16.8. The number of halogens is 11. The van der Waals surface area contributed by atoms with E-state index in [0.29, 0.717) is 0 Å². The molecule has 0 saturated heterocycles. The normalized spacial score (nSPS) is 15.8. The molecule has 0 spiro atoms. The molecule has 0 amide bonds. The van der Waals surface area contributed by atoms with Crippen LogP contribution >= 0.6 is 0 Å². The summed E-state index contributed by atoms with van der Waals surface area (Å²) in [6.45, 7) is 0. The Kier molecular flexibility index (Phi) is 4.16. The van der Waals surface area contributed by atoms with Gasteiger partial charge in [-0.3, -0.25) is 0 Å². The van der Waals surface area contributed by atoms with E-state index in [1.165, 1.54) is 0 Å². The van der Waals surface area contributed by atoms with Gasteiger partial charge in [0.05, 0.1) is 0 Å². The van der Waals surface area contributed by atoms with E-state index in [9.17, 15) is 48.3 Å². The molecule has 0 aliphatic carbocycles. The lowest BCUT2D eigenvalue weighted by atomic mass is 10.3. The van der Waals surface area contributed by atoms with E-state index in [2.05, 4.69) is 4.74 Å². The zero-order valence-corrected chi connectivity index (χ0v) is 7.64. The molecule has 0 aromatic rings. The first-order valence-electron chi connectivity index (χ1n) is 3.56. The monoisotopic (exact) mass is 298 g/mol. The van der Waals surface area contributed by atoms with E-state index in [1.807, 2.05) is 0 Å². The maximum Gasteiger partial charge on any atom is 0.473 e. The molecule has 0 rings (SSSR count). The molecule has 0 atom stereocenters. The van der Waals surface area contributed by atoms with E-state index in [1.54, 1.807) is 0 Å². The van der Waals surface area contributed by atoms with Crippen LogP contribution in [0.2, 0.25) is 0 Å². The van der Waals surface area contributed by atoms with Crippen LogP contribution in [0.5, 0.6) is 0 Å². The minimum atomic E-state index is -6.79. The van der Waals surface area contributed by atoms with E-state index in [-0.39, 0.29) is 0 Å². The Bertz CT molecular complexity index is 321. The van der Waals surface area contributed by atoms with Gasteiger partial charge >= 0.3 is 24.4 Å². The van der Waals surface area contributed by atoms with Crippen LogP contribution < -0.4 is 0 Å². The topological polar surface area (TPSA) is 9.23 Å². The predicted molar refractivity (Wildman–Crippen MR) is 32.3 cm³/mol. The van der Waals surface area contributed by atoms with Gasteiger partial charge in [0.2, 0.25) is 5.83 Å². The molecule has 0 aromatic carbocycles. The fourth-order valence-electron chi connectivity index (χ4n) is 0.432. The quantitative estimate of drug-likeness (QED) is 0.561. The molecule has 18 heavy (non-hydrogen) atoms. The number of hydrogen-bond donors (Lipinski definition) is 0. The highest BCUT2D eigenvalue weighted by atomic mass is 19.4. The molecule has 0 bridgehead atoms. The summed E-state index contributed by atoms with van der Waals surface area (Å²) in [6.07, 6.45) is -20.6. The smallest absolute Gasteiger partial charge is 0.433 e. The van der Waals surface area contributed by atoms with Crippen LogP contribution in [0.4, 0.5) is 48.3 Å². The summed E-state index contributed by atoms with van der Waals surface area (Å²) in [5.74, 6) is -10.2. The molecule has 108 valence electrons. The summed E-state index contributed by atoms with van der Waals surface area (Å²) in [5.41, 5.74) is 0. The second-order valence-electron chi connectivity index (χ2n) is 2.67. The molecule has 0 aliphatic rings. The summed E-state index contributed by atoms with van der Waals surface area (Å²) in [7, 11) is 0. The van der Waals surface area contributed by atoms with Gasteiger partial charge in [-0.15, -0.1) is 0 Å². The van der Waals surface area contributed by atoms with Gasteiger partial charge in [-0.25, -0.2) is 0 Å². The van der Waals surface area contributed by atoms with Gasteiger partial charge < -0.3 is 4.74 Å². The summed E-state index contributed by atoms with van der Waals surface area (Å²) in [6, 6.07) is 0.